The third kappa shape index (κ3) is 2.06. The molecule has 0 fully saturated rings. The molecule has 0 aliphatic carbocycles. The number of halogens is 2. The average Bonchev–Trinajstić information content (AvgIpc) is 2.15. The van der Waals surface area contributed by atoms with Gasteiger partial charge in [0.05, 0.1) is 17.2 Å². The van der Waals surface area contributed by atoms with Gasteiger partial charge in [-0.1, -0.05) is 0 Å². The maximum Gasteiger partial charge on any atom is 0.337 e. The van der Waals surface area contributed by atoms with Crippen LogP contribution in [0.4, 0.5) is 0 Å². The van der Waals surface area contributed by atoms with Crippen LogP contribution in [-0.4, -0.2) is 11.1 Å². The number of hydrogen-bond donors (Lipinski definition) is 1. The van der Waals surface area contributed by atoms with Crippen LogP contribution < -0.4 is 0 Å². The Morgan fingerprint density at radius 2 is 2.29 bits per heavy atom. The van der Waals surface area contributed by atoms with Crippen molar-refractivity contribution < 1.29 is 9.90 Å². The average molecular weight is 275 g/mol. The first-order chi connectivity index (χ1) is 6.60. The Kier molecular flexibility index (Phi) is 3.50. The standard InChI is InChI=1S/C9H5BrClNO2/c10-7-2-5(4-12)1-6(3-11)8(7)9(13)14/h1-2H,3H2,(H,13,14). The Morgan fingerprint density at radius 3 is 2.71 bits per heavy atom. The monoisotopic (exact) mass is 273 g/mol. The molecule has 5 heteroatoms. The third-order valence-electron chi connectivity index (χ3n) is 1.66. The Balaban J connectivity index is 3.44. The molecule has 0 aromatic heterocycles. The summed E-state index contributed by atoms with van der Waals surface area (Å²) in [6, 6.07) is 4.86. The Hall–Kier alpha value is -1.05. The highest BCUT2D eigenvalue weighted by atomic mass is 79.9. The van der Waals surface area contributed by atoms with Gasteiger partial charge in [-0.25, -0.2) is 4.79 Å². The minimum absolute atomic E-state index is 0.0652. The predicted molar refractivity (Wildman–Crippen MR) is 55.4 cm³/mol. The van der Waals surface area contributed by atoms with Crippen LogP contribution in [0, 0.1) is 11.3 Å². The van der Waals surface area contributed by atoms with Gasteiger partial charge in [0.25, 0.3) is 0 Å². The second kappa shape index (κ2) is 4.45. The van der Waals surface area contributed by atoms with Crippen molar-refractivity contribution in [3.05, 3.63) is 33.3 Å². The van der Waals surface area contributed by atoms with Gasteiger partial charge >= 0.3 is 5.97 Å². The summed E-state index contributed by atoms with van der Waals surface area (Å²) in [6.07, 6.45) is 0. The maximum atomic E-state index is 10.8. The molecule has 0 saturated carbocycles. The molecule has 0 atom stereocenters. The van der Waals surface area contributed by atoms with Gasteiger partial charge in [-0.2, -0.15) is 5.26 Å². The molecule has 14 heavy (non-hydrogen) atoms. The fourth-order valence-electron chi connectivity index (χ4n) is 1.07. The number of hydrogen-bond acceptors (Lipinski definition) is 2. The Bertz CT molecular complexity index is 426. The fourth-order valence-corrected chi connectivity index (χ4v) is 1.95. The summed E-state index contributed by atoms with van der Waals surface area (Å²) in [5.41, 5.74) is 0.932. The van der Waals surface area contributed by atoms with E-state index in [2.05, 4.69) is 15.9 Å². The Labute approximate surface area is 94.0 Å². The van der Waals surface area contributed by atoms with Crippen LogP contribution in [0.2, 0.25) is 0 Å². The van der Waals surface area contributed by atoms with Crippen LogP contribution in [0.1, 0.15) is 21.5 Å². The smallest absolute Gasteiger partial charge is 0.337 e. The number of rotatable bonds is 2. The van der Waals surface area contributed by atoms with Crippen LogP contribution in [0.15, 0.2) is 16.6 Å². The van der Waals surface area contributed by atoms with Crippen LogP contribution in [0.25, 0.3) is 0 Å². The number of aromatic carboxylic acids is 1. The fraction of sp³-hybridized carbons (Fsp3) is 0.111. The van der Waals surface area contributed by atoms with E-state index in [9.17, 15) is 4.79 Å². The number of alkyl halides is 1. The molecule has 72 valence electrons. The van der Waals surface area contributed by atoms with Gasteiger partial charge in [-0.15, -0.1) is 11.6 Å². The molecule has 1 aromatic rings. The molecule has 3 nitrogen and oxygen atoms in total. The van der Waals surface area contributed by atoms with Crippen LogP contribution in [0.3, 0.4) is 0 Å². The second-order valence-electron chi connectivity index (χ2n) is 2.54. The predicted octanol–water partition coefficient (Wildman–Crippen LogP) is 2.76. The summed E-state index contributed by atoms with van der Waals surface area (Å²) in [4.78, 5) is 10.8. The Morgan fingerprint density at radius 1 is 1.64 bits per heavy atom. The van der Waals surface area contributed by atoms with E-state index in [1.54, 1.807) is 0 Å². The third-order valence-corrected chi connectivity index (χ3v) is 2.57. The molecule has 0 unspecified atom stereocenters. The highest BCUT2D eigenvalue weighted by molar-refractivity contribution is 9.10. The van der Waals surface area contributed by atoms with E-state index < -0.39 is 5.97 Å². The first-order valence-corrected chi connectivity index (χ1v) is 4.94. The highest BCUT2D eigenvalue weighted by Gasteiger charge is 2.14. The van der Waals surface area contributed by atoms with Crippen molar-refractivity contribution in [2.45, 2.75) is 5.88 Å². The highest BCUT2D eigenvalue weighted by Crippen LogP contribution is 2.24. The molecular weight excluding hydrogens is 269 g/mol. The van der Waals surface area contributed by atoms with E-state index >= 15 is 0 Å². The molecule has 0 saturated heterocycles. The van der Waals surface area contributed by atoms with E-state index in [-0.39, 0.29) is 11.4 Å². The molecule has 1 N–H and O–H groups in total. The van der Waals surface area contributed by atoms with Crippen LogP contribution in [-0.2, 0) is 5.88 Å². The number of nitrogens with zero attached hydrogens (tertiary/aromatic N) is 1. The summed E-state index contributed by atoms with van der Waals surface area (Å²) in [5.74, 6) is -0.993. The van der Waals surface area contributed by atoms with Gasteiger partial charge in [-0.05, 0) is 33.6 Å². The van der Waals surface area contributed by atoms with Gasteiger partial charge in [0.1, 0.15) is 0 Å². The summed E-state index contributed by atoms with van der Waals surface area (Å²) in [7, 11) is 0. The summed E-state index contributed by atoms with van der Waals surface area (Å²) in [5, 5.41) is 17.5. The second-order valence-corrected chi connectivity index (χ2v) is 3.66. The zero-order valence-corrected chi connectivity index (χ0v) is 9.26. The lowest BCUT2D eigenvalue weighted by molar-refractivity contribution is 0.0695. The van der Waals surface area contributed by atoms with Crippen molar-refractivity contribution in [1.82, 2.24) is 0 Å². The molecule has 0 heterocycles. The number of carbonyl (C=O) groups is 1. The number of nitriles is 1. The van der Waals surface area contributed by atoms with Gasteiger partial charge in [0.2, 0.25) is 0 Å². The van der Waals surface area contributed by atoms with E-state index in [4.69, 9.17) is 22.0 Å². The normalized spacial score (nSPS) is 9.50. The van der Waals surface area contributed by atoms with Crippen molar-refractivity contribution in [1.29, 1.82) is 5.26 Å². The molecule has 0 spiro atoms. The van der Waals surface area contributed by atoms with Crippen molar-refractivity contribution in [2.75, 3.05) is 0 Å². The van der Waals surface area contributed by atoms with Crippen LogP contribution >= 0.6 is 27.5 Å². The summed E-state index contributed by atoms with van der Waals surface area (Å²) in [6.45, 7) is 0. The molecular formula is C9H5BrClNO2. The van der Waals surface area contributed by atoms with E-state index in [1.165, 1.54) is 12.1 Å². The van der Waals surface area contributed by atoms with Gasteiger partial charge in [0, 0.05) is 10.4 Å². The van der Waals surface area contributed by atoms with Gasteiger partial charge in [-0.3, -0.25) is 0 Å². The van der Waals surface area contributed by atoms with Crippen LogP contribution in [0.5, 0.6) is 0 Å². The summed E-state index contributed by atoms with van der Waals surface area (Å²) >= 11 is 8.67. The minimum atomic E-state index is -1.06. The molecule has 1 aromatic carbocycles. The van der Waals surface area contributed by atoms with E-state index in [0.717, 1.165) is 0 Å². The maximum absolute atomic E-state index is 10.8. The molecule has 0 aliphatic rings. The van der Waals surface area contributed by atoms with E-state index in [0.29, 0.717) is 15.6 Å². The number of carboxylic acids is 1. The SMILES string of the molecule is N#Cc1cc(Br)c(C(=O)O)c(CCl)c1. The molecule has 0 aliphatic heterocycles. The topological polar surface area (TPSA) is 61.1 Å². The lowest BCUT2D eigenvalue weighted by atomic mass is 10.1. The molecule has 0 bridgehead atoms. The van der Waals surface area contributed by atoms with Crippen molar-refractivity contribution >= 4 is 33.5 Å². The first kappa shape index (κ1) is 11.0. The number of carboxylic acid groups (broad SMARTS) is 1. The molecule has 1 rings (SSSR count). The molecule has 0 amide bonds. The lowest BCUT2D eigenvalue weighted by Crippen LogP contribution is -2.03. The van der Waals surface area contributed by atoms with E-state index in [1.807, 2.05) is 6.07 Å². The minimum Gasteiger partial charge on any atom is -0.478 e. The zero-order valence-electron chi connectivity index (χ0n) is 6.92. The zero-order chi connectivity index (χ0) is 10.7. The van der Waals surface area contributed by atoms with Crippen molar-refractivity contribution in [3.63, 3.8) is 0 Å². The molecule has 0 radical (unpaired) electrons. The van der Waals surface area contributed by atoms with Crippen molar-refractivity contribution in [3.8, 4) is 6.07 Å². The van der Waals surface area contributed by atoms with Gasteiger partial charge in [0.15, 0.2) is 0 Å². The quantitative estimate of drug-likeness (QED) is 0.844. The van der Waals surface area contributed by atoms with Gasteiger partial charge < -0.3 is 5.11 Å². The largest absolute Gasteiger partial charge is 0.478 e. The van der Waals surface area contributed by atoms with Crippen molar-refractivity contribution in [2.24, 2.45) is 0 Å². The number of benzene rings is 1. The lowest BCUT2D eigenvalue weighted by Gasteiger charge is -2.05. The first-order valence-electron chi connectivity index (χ1n) is 3.62. The summed E-state index contributed by atoms with van der Waals surface area (Å²) < 4.78 is 0.375.